The van der Waals surface area contributed by atoms with Gasteiger partial charge in [-0.1, -0.05) is 48.5 Å². The van der Waals surface area contributed by atoms with Gasteiger partial charge < -0.3 is 25.8 Å². The van der Waals surface area contributed by atoms with E-state index in [1.54, 1.807) is 18.2 Å². The summed E-state index contributed by atoms with van der Waals surface area (Å²) in [6.07, 6.45) is -1.78. The highest BCUT2D eigenvalue weighted by Gasteiger charge is 2.49. The van der Waals surface area contributed by atoms with Crippen molar-refractivity contribution in [3.8, 4) is 0 Å². The monoisotopic (exact) mass is 504 g/mol. The number of aliphatic carboxylic acids is 1. The van der Waals surface area contributed by atoms with Crippen molar-refractivity contribution in [2.45, 2.75) is 49.7 Å². The number of nitrogens with zero attached hydrogens (tertiary/aromatic N) is 1. The van der Waals surface area contributed by atoms with Gasteiger partial charge in [0.15, 0.2) is 0 Å². The van der Waals surface area contributed by atoms with Gasteiger partial charge in [0.1, 0.15) is 18.3 Å². The first-order valence-corrected chi connectivity index (χ1v) is 12.4. The Balaban J connectivity index is 1.66. The second-order valence-electron chi connectivity index (χ2n) is 7.98. The van der Waals surface area contributed by atoms with Gasteiger partial charge in [-0.25, -0.2) is 18.0 Å². The van der Waals surface area contributed by atoms with E-state index >= 15 is 0 Å². The van der Waals surface area contributed by atoms with Crippen LogP contribution in [0.1, 0.15) is 19.4 Å². The number of carbonyl (C=O) groups is 3. The van der Waals surface area contributed by atoms with E-state index in [0.29, 0.717) is 0 Å². The van der Waals surface area contributed by atoms with Crippen LogP contribution in [-0.2, 0) is 30.9 Å². The van der Waals surface area contributed by atoms with Gasteiger partial charge in [-0.2, -0.15) is 4.31 Å². The first kappa shape index (κ1) is 26.1. The van der Waals surface area contributed by atoms with Crippen LogP contribution in [0.4, 0.5) is 4.79 Å². The number of hydrogen-bond donors (Lipinski definition) is 4. The lowest BCUT2D eigenvalue weighted by Gasteiger charge is -2.27. The molecule has 0 radical (unpaired) electrons. The molecule has 1 aliphatic heterocycles. The van der Waals surface area contributed by atoms with Crippen LogP contribution in [0, 0.1) is 0 Å². The number of carbonyl (C=O) groups excluding carboxylic acids is 2. The fourth-order valence-electron chi connectivity index (χ4n) is 3.76. The zero-order valence-electron chi connectivity index (χ0n) is 19.2. The molecule has 0 spiro atoms. The lowest BCUT2D eigenvalue weighted by molar-refractivity contribution is -0.142. The van der Waals surface area contributed by atoms with Crippen molar-refractivity contribution in [2.75, 3.05) is 6.54 Å². The van der Waals surface area contributed by atoms with Gasteiger partial charge in [-0.05, 0) is 31.5 Å². The van der Waals surface area contributed by atoms with Crippen LogP contribution in [0.5, 0.6) is 0 Å². The number of rotatable bonds is 9. The van der Waals surface area contributed by atoms with E-state index in [-0.39, 0.29) is 11.4 Å². The summed E-state index contributed by atoms with van der Waals surface area (Å²) >= 11 is 0. The Bertz CT molecular complexity index is 1140. The Morgan fingerprint density at radius 2 is 1.60 bits per heavy atom. The molecular formula is C23H28N4O7S. The van der Waals surface area contributed by atoms with E-state index in [0.717, 1.165) is 9.87 Å². The van der Waals surface area contributed by atoms with E-state index in [2.05, 4.69) is 16.0 Å². The molecular weight excluding hydrogens is 476 g/mol. The molecule has 1 heterocycles. The number of sulfonamides is 1. The highest BCUT2D eigenvalue weighted by molar-refractivity contribution is 7.89. The quantitative estimate of drug-likeness (QED) is 0.395. The molecule has 1 unspecified atom stereocenters. The number of ether oxygens (including phenoxy) is 1. The maximum absolute atomic E-state index is 13.2. The molecule has 0 aliphatic carbocycles. The minimum atomic E-state index is -4.11. The van der Waals surface area contributed by atoms with Crippen molar-refractivity contribution in [3.63, 3.8) is 0 Å². The van der Waals surface area contributed by atoms with Gasteiger partial charge >= 0.3 is 12.0 Å². The molecule has 35 heavy (non-hydrogen) atoms. The summed E-state index contributed by atoms with van der Waals surface area (Å²) in [5, 5.41) is 16.9. The number of amides is 3. The maximum atomic E-state index is 13.2. The molecule has 12 heteroatoms. The van der Waals surface area contributed by atoms with E-state index in [9.17, 15) is 27.9 Å². The number of carboxylic acids is 1. The third kappa shape index (κ3) is 6.35. The van der Waals surface area contributed by atoms with Crippen molar-refractivity contribution in [3.05, 3.63) is 66.2 Å². The van der Waals surface area contributed by atoms with Crippen LogP contribution >= 0.6 is 0 Å². The van der Waals surface area contributed by atoms with Crippen LogP contribution in [0.25, 0.3) is 0 Å². The molecule has 3 rings (SSSR count). The van der Waals surface area contributed by atoms with Crippen molar-refractivity contribution in [1.29, 1.82) is 0 Å². The molecule has 0 saturated carbocycles. The molecule has 1 saturated heterocycles. The highest BCUT2D eigenvalue weighted by atomic mass is 32.2. The minimum absolute atomic E-state index is 0.0195. The molecule has 11 nitrogen and oxygen atoms in total. The van der Waals surface area contributed by atoms with Crippen LogP contribution in [0.15, 0.2) is 65.6 Å². The number of hydrogen-bond acceptors (Lipinski definition) is 6. The molecule has 3 amide bonds. The smallest absolute Gasteiger partial charge is 0.328 e. The summed E-state index contributed by atoms with van der Waals surface area (Å²) in [4.78, 5) is 36.9. The summed E-state index contributed by atoms with van der Waals surface area (Å²) < 4.78 is 32.9. The molecule has 2 aromatic carbocycles. The van der Waals surface area contributed by atoms with Gasteiger partial charge in [0.25, 0.3) is 0 Å². The summed E-state index contributed by atoms with van der Waals surface area (Å²) in [7, 11) is -4.11. The first-order chi connectivity index (χ1) is 16.6. The summed E-state index contributed by atoms with van der Waals surface area (Å²) in [6.45, 7) is 2.85. The van der Waals surface area contributed by atoms with Gasteiger partial charge in [0.2, 0.25) is 15.9 Å². The van der Waals surface area contributed by atoms with Gasteiger partial charge in [0, 0.05) is 6.54 Å². The minimum Gasteiger partial charge on any atom is -0.480 e. The molecule has 0 bridgehead atoms. The Kier molecular flexibility index (Phi) is 8.43. The lowest BCUT2D eigenvalue weighted by Crippen LogP contribution is -2.57. The van der Waals surface area contributed by atoms with Crippen LogP contribution in [-0.4, -0.2) is 66.7 Å². The van der Waals surface area contributed by atoms with E-state index in [4.69, 9.17) is 4.74 Å². The summed E-state index contributed by atoms with van der Waals surface area (Å²) in [5.74, 6) is -2.24. The van der Waals surface area contributed by atoms with Gasteiger partial charge in [0.05, 0.1) is 17.5 Å². The second kappa shape index (κ2) is 11.3. The predicted octanol–water partition coefficient (Wildman–Crippen LogP) is 0.879. The number of nitrogens with one attached hydrogen (secondary N) is 3. The fraction of sp³-hybridized carbons (Fsp3) is 0.348. The standard InChI is InChI=1S/C23H28N4O7S/c1-15-20(27(16(2)34-15)35(32,33)18-11-7-4-8-12-18)21(28)26-19(22(29)30)14-25-23(31)24-13-17-9-5-3-6-10-17/h3-12,15-16,19-20H,13-14H2,1-2H3,(H,26,28)(H,29,30)(H2,24,25,31)/t15?,16-,19+,20+/m1/s1. The maximum Gasteiger partial charge on any atom is 0.328 e. The largest absolute Gasteiger partial charge is 0.480 e. The SMILES string of the molecule is CC1O[C@H](C)N(S(=O)(=O)c2ccccc2)[C@@H]1C(=O)N[C@@H](CNC(=O)NCc1ccccc1)C(=O)O. The van der Waals surface area contributed by atoms with Crippen molar-refractivity contribution >= 4 is 27.9 Å². The average Bonchev–Trinajstić information content (AvgIpc) is 3.15. The highest BCUT2D eigenvalue weighted by Crippen LogP contribution is 2.30. The van der Waals surface area contributed by atoms with E-state index in [1.165, 1.54) is 26.0 Å². The van der Waals surface area contributed by atoms with Gasteiger partial charge in [-0.3, -0.25) is 4.79 Å². The molecule has 188 valence electrons. The Hall–Kier alpha value is -3.48. The fourth-order valence-corrected chi connectivity index (χ4v) is 5.51. The zero-order chi connectivity index (χ0) is 25.6. The van der Waals surface area contributed by atoms with Crippen LogP contribution in [0.3, 0.4) is 0 Å². The van der Waals surface area contributed by atoms with E-state index in [1.807, 2.05) is 30.3 Å². The van der Waals surface area contributed by atoms with Crippen LogP contribution < -0.4 is 16.0 Å². The lowest BCUT2D eigenvalue weighted by atomic mass is 10.1. The number of benzene rings is 2. The molecule has 4 atom stereocenters. The van der Waals surface area contributed by atoms with Crippen molar-refractivity contribution in [2.24, 2.45) is 0 Å². The predicted molar refractivity (Wildman–Crippen MR) is 126 cm³/mol. The zero-order valence-corrected chi connectivity index (χ0v) is 20.1. The molecule has 1 fully saturated rings. The normalized spacial score (nSPS) is 21.1. The average molecular weight is 505 g/mol. The van der Waals surface area contributed by atoms with Gasteiger partial charge in [-0.15, -0.1) is 0 Å². The summed E-state index contributed by atoms with van der Waals surface area (Å²) in [5.41, 5.74) is 0.856. The van der Waals surface area contributed by atoms with Crippen LogP contribution in [0.2, 0.25) is 0 Å². The van der Waals surface area contributed by atoms with E-state index < -0.39 is 58.9 Å². The number of urea groups is 1. The Labute approximate surface area is 203 Å². The molecule has 2 aromatic rings. The Morgan fingerprint density at radius 1 is 1.00 bits per heavy atom. The third-order valence-electron chi connectivity index (χ3n) is 5.45. The molecule has 0 aromatic heterocycles. The van der Waals surface area contributed by atoms with Crippen molar-refractivity contribution < 1.29 is 32.6 Å². The first-order valence-electron chi connectivity index (χ1n) is 10.9. The summed E-state index contributed by atoms with van der Waals surface area (Å²) in [6, 6.07) is 13.3. The Morgan fingerprint density at radius 3 is 2.20 bits per heavy atom. The number of carboxylic acid groups (broad SMARTS) is 1. The topological polar surface area (TPSA) is 154 Å². The van der Waals surface area contributed by atoms with Crippen molar-refractivity contribution in [1.82, 2.24) is 20.3 Å². The second-order valence-corrected chi connectivity index (χ2v) is 9.83. The third-order valence-corrected chi connectivity index (χ3v) is 7.40. The molecule has 1 aliphatic rings. The molecule has 4 N–H and O–H groups in total.